The molecule has 1 aliphatic carbocycles. The Hall–Kier alpha value is -0.570. The van der Waals surface area contributed by atoms with Crippen LogP contribution in [0.1, 0.15) is 58.3 Å². The number of rotatable bonds is 8. The Labute approximate surface area is 181 Å². The highest BCUT2D eigenvalue weighted by Gasteiger charge is 2.36. The van der Waals surface area contributed by atoms with Crippen LogP contribution in [0.2, 0.25) is 0 Å². The van der Waals surface area contributed by atoms with Crippen LogP contribution in [-0.4, -0.2) is 63.3 Å². The summed E-state index contributed by atoms with van der Waals surface area (Å²) >= 11 is 0. The third-order valence-corrected chi connectivity index (χ3v) is 5.64. The van der Waals surface area contributed by atoms with Crippen molar-refractivity contribution in [2.24, 2.45) is 16.8 Å². The zero-order valence-electron chi connectivity index (χ0n) is 17.2. The van der Waals surface area contributed by atoms with Crippen molar-refractivity contribution >= 4 is 35.9 Å². The maximum Gasteiger partial charge on any atom is 0.310 e. The third-order valence-electron chi connectivity index (χ3n) is 5.64. The molecule has 158 valence electrons. The van der Waals surface area contributed by atoms with Crippen molar-refractivity contribution in [3.05, 3.63) is 0 Å². The summed E-state index contributed by atoms with van der Waals surface area (Å²) < 4.78 is 10.9. The lowest BCUT2D eigenvalue weighted by Gasteiger charge is -2.22. The van der Waals surface area contributed by atoms with E-state index < -0.39 is 0 Å². The minimum Gasteiger partial charge on any atom is -0.469 e. The Morgan fingerprint density at radius 1 is 1.15 bits per heavy atom. The number of aliphatic imine (C=N–C) groups is 1. The average molecular weight is 495 g/mol. The first kappa shape index (κ1) is 24.5. The van der Waals surface area contributed by atoms with E-state index >= 15 is 0 Å². The van der Waals surface area contributed by atoms with Crippen LogP contribution in [0.4, 0.5) is 0 Å². The summed E-state index contributed by atoms with van der Waals surface area (Å²) in [7, 11) is 3.26. The number of hydrogen-bond donors (Lipinski definition) is 1. The van der Waals surface area contributed by atoms with Gasteiger partial charge in [0.2, 0.25) is 0 Å². The smallest absolute Gasteiger partial charge is 0.310 e. The fraction of sp³-hybridized carbons (Fsp3) is 0.900. The van der Waals surface area contributed by atoms with Gasteiger partial charge in [0.15, 0.2) is 5.96 Å². The van der Waals surface area contributed by atoms with E-state index in [0.717, 1.165) is 44.9 Å². The molecule has 0 amide bonds. The molecule has 1 aliphatic heterocycles. The van der Waals surface area contributed by atoms with E-state index in [1.807, 2.05) is 0 Å². The van der Waals surface area contributed by atoms with Crippen molar-refractivity contribution in [3.63, 3.8) is 0 Å². The zero-order valence-corrected chi connectivity index (χ0v) is 19.6. The van der Waals surface area contributed by atoms with Gasteiger partial charge < -0.3 is 19.7 Å². The van der Waals surface area contributed by atoms with Crippen molar-refractivity contribution in [3.8, 4) is 0 Å². The van der Waals surface area contributed by atoms with E-state index in [0.29, 0.717) is 12.6 Å². The Morgan fingerprint density at radius 2 is 1.89 bits per heavy atom. The topological polar surface area (TPSA) is 63.2 Å². The standard InChI is InChI=1S/C20H37N3O3.HI/c1-16-14-23(15-18(16)19(24)25-3)20(21-2)22-12-8-5-9-13-26-17-10-6-4-7-11-17;/h16-18H,4-15H2,1-3H3,(H,21,22);1H. The molecule has 7 heteroatoms. The molecule has 27 heavy (non-hydrogen) atoms. The summed E-state index contributed by atoms with van der Waals surface area (Å²) in [6, 6.07) is 0. The van der Waals surface area contributed by atoms with Crippen molar-refractivity contribution in [1.29, 1.82) is 0 Å². The highest BCUT2D eigenvalue weighted by molar-refractivity contribution is 14.0. The molecule has 6 nitrogen and oxygen atoms in total. The maximum absolute atomic E-state index is 11.8. The first-order valence-corrected chi connectivity index (χ1v) is 10.3. The van der Waals surface area contributed by atoms with Crippen molar-refractivity contribution in [1.82, 2.24) is 10.2 Å². The molecule has 2 rings (SSSR count). The second-order valence-electron chi connectivity index (χ2n) is 7.68. The highest BCUT2D eigenvalue weighted by Crippen LogP contribution is 2.24. The molecule has 0 radical (unpaired) electrons. The largest absolute Gasteiger partial charge is 0.469 e. The number of carbonyl (C=O) groups excluding carboxylic acids is 1. The van der Waals surface area contributed by atoms with Gasteiger partial charge in [-0.3, -0.25) is 9.79 Å². The summed E-state index contributed by atoms with van der Waals surface area (Å²) in [5, 5.41) is 3.43. The van der Waals surface area contributed by atoms with Crippen molar-refractivity contribution < 1.29 is 14.3 Å². The number of nitrogens with one attached hydrogen (secondary N) is 1. The molecule has 2 unspecified atom stereocenters. The van der Waals surface area contributed by atoms with Crippen LogP contribution in [0.5, 0.6) is 0 Å². The Balaban J connectivity index is 0.00000364. The molecular formula is C20H38IN3O3. The summed E-state index contributed by atoms with van der Waals surface area (Å²) in [5.74, 6) is 1.00. The molecule has 0 bridgehead atoms. The fourth-order valence-electron chi connectivity index (χ4n) is 4.02. The van der Waals surface area contributed by atoms with Gasteiger partial charge in [-0.15, -0.1) is 24.0 Å². The number of guanidine groups is 1. The number of likely N-dealkylation sites (tertiary alicyclic amines) is 1. The van der Waals surface area contributed by atoms with Gasteiger partial charge in [0.1, 0.15) is 0 Å². The van der Waals surface area contributed by atoms with Gasteiger partial charge in [-0.1, -0.05) is 26.2 Å². The van der Waals surface area contributed by atoms with Crippen LogP contribution >= 0.6 is 24.0 Å². The van der Waals surface area contributed by atoms with Gasteiger partial charge in [0.05, 0.1) is 19.1 Å². The Kier molecular flexibility index (Phi) is 12.3. The van der Waals surface area contributed by atoms with Gasteiger partial charge in [-0.2, -0.15) is 0 Å². The van der Waals surface area contributed by atoms with Crippen molar-refractivity contribution in [2.45, 2.75) is 64.4 Å². The monoisotopic (exact) mass is 495 g/mol. The van der Waals surface area contributed by atoms with E-state index in [1.54, 1.807) is 7.05 Å². The Morgan fingerprint density at radius 3 is 2.56 bits per heavy atom. The number of unbranched alkanes of at least 4 members (excludes halogenated alkanes) is 2. The van der Waals surface area contributed by atoms with Gasteiger partial charge >= 0.3 is 5.97 Å². The minimum absolute atomic E-state index is 0. The van der Waals surface area contributed by atoms with Crippen LogP contribution in [0.25, 0.3) is 0 Å². The summed E-state index contributed by atoms with van der Waals surface area (Å²) in [6.45, 7) is 5.42. The number of nitrogens with zero attached hydrogens (tertiary/aromatic N) is 2. The SMILES string of the molecule is CN=C(NCCCCCOC1CCCCC1)N1CC(C)C(C(=O)OC)C1.I. The second-order valence-corrected chi connectivity index (χ2v) is 7.68. The average Bonchev–Trinajstić information content (AvgIpc) is 3.05. The Bertz CT molecular complexity index is 456. The molecule has 2 atom stereocenters. The molecule has 1 heterocycles. The van der Waals surface area contributed by atoms with Crippen LogP contribution in [-0.2, 0) is 14.3 Å². The summed E-state index contributed by atoms with van der Waals surface area (Å²) in [6.07, 6.45) is 10.5. The molecule has 0 aromatic heterocycles. The maximum atomic E-state index is 11.8. The van der Waals surface area contributed by atoms with Crippen molar-refractivity contribution in [2.75, 3.05) is 40.4 Å². The number of esters is 1. The summed E-state index contributed by atoms with van der Waals surface area (Å²) in [4.78, 5) is 18.4. The van der Waals surface area contributed by atoms with Gasteiger partial charge in [0, 0.05) is 33.3 Å². The molecule has 0 aromatic carbocycles. The first-order chi connectivity index (χ1) is 12.7. The number of carbonyl (C=O) groups is 1. The predicted octanol–water partition coefficient (Wildman–Crippen LogP) is 3.44. The van der Waals surface area contributed by atoms with E-state index in [1.165, 1.54) is 39.2 Å². The molecule has 1 saturated heterocycles. The quantitative estimate of drug-likeness (QED) is 0.184. The number of methoxy groups -OCH3 is 1. The predicted molar refractivity (Wildman–Crippen MR) is 120 cm³/mol. The molecule has 2 fully saturated rings. The normalized spacial score (nSPS) is 23.8. The van der Waals surface area contributed by atoms with E-state index in [9.17, 15) is 4.79 Å². The van der Waals surface area contributed by atoms with Gasteiger partial charge in [-0.25, -0.2) is 0 Å². The van der Waals surface area contributed by atoms with Crippen LogP contribution in [0.15, 0.2) is 4.99 Å². The van der Waals surface area contributed by atoms with Gasteiger partial charge in [0.25, 0.3) is 0 Å². The van der Waals surface area contributed by atoms with E-state index in [4.69, 9.17) is 9.47 Å². The van der Waals surface area contributed by atoms with E-state index in [2.05, 4.69) is 22.1 Å². The van der Waals surface area contributed by atoms with Crippen LogP contribution in [0.3, 0.4) is 0 Å². The molecule has 1 saturated carbocycles. The second kappa shape index (κ2) is 13.6. The molecule has 2 aliphatic rings. The lowest BCUT2D eigenvalue weighted by Crippen LogP contribution is -2.41. The van der Waals surface area contributed by atoms with E-state index in [-0.39, 0.29) is 41.8 Å². The molecular weight excluding hydrogens is 457 g/mol. The zero-order chi connectivity index (χ0) is 18.8. The molecule has 0 aromatic rings. The fourth-order valence-corrected chi connectivity index (χ4v) is 4.02. The highest BCUT2D eigenvalue weighted by atomic mass is 127. The van der Waals surface area contributed by atoms with Gasteiger partial charge in [-0.05, 0) is 38.0 Å². The number of ether oxygens (including phenoxy) is 2. The van der Waals surface area contributed by atoms with Crippen LogP contribution in [0, 0.1) is 11.8 Å². The lowest BCUT2D eigenvalue weighted by molar-refractivity contribution is -0.145. The molecule has 0 spiro atoms. The number of halogens is 1. The first-order valence-electron chi connectivity index (χ1n) is 10.3. The third kappa shape index (κ3) is 8.13. The minimum atomic E-state index is -0.117. The lowest BCUT2D eigenvalue weighted by atomic mass is 9.98. The van der Waals surface area contributed by atoms with Crippen LogP contribution < -0.4 is 5.32 Å². The summed E-state index contributed by atoms with van der Waals surface area (Å²) in [5.41, 5.74) is 0. The number of hydrogen-bond acceptors (Lipinski definition) is 4. The molecule has 1 N–H and O–H groups in total.